The summed E-state index contributed by atoms with van der Waals surface area (Å²) in [6.45, 7) is 4.04. The van der Waals surface area contributed by atoms with Crippen LogP contribution in [0.15, 0.2) is 41.1 Å². The molecule has 5 rings (SSSR count). The second kappa shape index (κ2) is 7.52. The SMILES string of the molecule is Brc1cc2cnc(Nc3ccc(N4CCNCC4)cn3)nn2c1C1=CCCC1. The predicted octanol–water partition coefficient (Wildman–Crippen LogP) is 3.61. The van der Waals surface area contributed by atoms with E-state index in [1.807, 2.05) is 23.0 Å². The minimum atomic E-state index is 0.540. The van der Waals surface area contributed by atoms with Gasteiger partial charge in [0, 0.05) is 30.7 Å². The molecule has 0 aromatic carbocycles. The van der Waals surface area contributed by atoms with Crippen molar-refractivity contribution in [1.82, 2.24) is 24.9 Å². The van der Waals surface area contributed by atoms with Gasteiger partial charge >= 0.3 is 0 Å². The van der Waals surface area contributed by atoms with E-state index in [4.69, 9.17) is 5.10 Å². The molecule has 0 atom stereocenters. The molecule has 1 fully saturated rings. The lowest BCUT2D eigenvalue weighted by atomic mass is 10.2. The fourth-order valence-corrected chi connectivity index (χ4v) is 4.51. The van der Waals surface area contributed by atoms with Crippen LogP contribution in [0.25, 0.3) is 11.1 Å². The summed E-state index contributed by atoms with van der Waals surface area (Å²) in [6, 6.07) is 6.15. The smallest absolute Gasteiger partial charge is 0.246 e. The van der Waals surface area contributed by atoms with Crippen LogP contribution in [-0.4, -0.2) is 45.8 Å². The summed E-state index contributed by atoms with van der Waals surface area (Å²) < 4.78 is 3.02. The Hall–Kier alpha value is -2.45. The molecule has 3 aromatic rings. The van der Waals surface area contributed by atoms with Crippen LogP contribution in [0.3, 0.4) is 0 Å². The Kier molecular flexibility index (Phi) is 4.74. The average Bonchev–Trinajstić information content (AvgIpc) is 3.36. The van der Waals surface area contributed by atoms with Crippen molar-refractivity contribution >= 4 is 44.5 Å². The fraction of sp³-hybridized carbons (Fsp3) is 0.350. The van der Waals surface area contributed by atoms with E-state index >= 15 is 0 Å². The molecule has 8 heteroatoms. The maximum Gasteiger partial charge on any atom is 0.246 e. The van der Waals surface area contributed by atoms with Gasteiger partial charge < -0.3 is 15.5 Å². The van der Waals surface area contributed by atoms with Gasteiger partial charge in [0.2, 0.25) is 5.95 Å². The highest BCUT2D eigenvalue weighted by atomic mass is 79.9. The molecule has 0 amide bonds. The zero-order chi connectivity index (χ0) is 18.9. The van der Waals surface area contributed by atoms with Gasteiger partial charge in [0.1, 0.15) is 5.82 Å². The van der Waals surface area contributed by atoms with Crippen LogP contribution in [0, 0.1) is 0 Å². The summed E-state index contributed by atoms with van der Waals surface area (Å²) in [5.74, 6) is 1.28. The maximum atomic E-state index is 4.71. The number of nitrogens with one attached hydrogen (secondary N) is 2. The van der Waals surface area contributed by atoms with Crippen molar-refractivity contribution < 1.29 is 0 Å². The van der Waals surface area contributed by atoms with Crippen molar-refractivity contribution in [3.63, 3.8) is 0 Å². The van der Waals surface area contributed by atoms with Gasteiger partial charge in [-0.2, -0.15) is 0 Å². The Morgan fingerprint density at radius 3 is 2.75 bits per heavy atom. The van der Waals surface area contributed by atoms with E-state index in [9.17, 15) is 0 Å². The standard InChI is InChI=1S/C20H22BrN7/c21-17-11-16-13-24-20(26-28(16)19(17)14-3-1-2-4-14)25-18-6-5-15(12-23-18)27-9-7-22-8-10-27/h3,5-6,11-13,22H,1-2,4,7-10H2,(H,23,25,26). The maximum absolute atomic E-state index is 4.71. The topological polar surface area (TPSA) is 70.4 Å². The van der Waals surface area contributed by atoms with Crippen LogP contribution in [0.4, 0.5) is 17.5 Å². The van der Waals surface area contributed by atoms with Crippen molar-refractivity contribution in [2.75, 3.05) is 36.4 Å². The van der Waals surface area contributed by atoms with Gasteiger partial charge in [-0.15, -0.1) is 5.10 Å². The Bertz CT molecular complexity index is 1020. The van der Waals surface area contributed by atoms with Crippen molar-refractivity contribution in [2.45, 2.75) is 19.3 Å². The Morgan fingerprint density at radius 2 is 2.00 bits per heavy atom. The van der Waals surface area contributed by atoms with E-state index in [1.54, 1.807) is 0 Å². The molecule has 0 spiro atoms. The molecule has 144 valence electrons. The van der Waals surface area contributed by atoms with E-state index < -0.39 is 0 Å². The lowest BCUT2D eigenvalue weighted by Crippen LogP contribution is -2.43. The molecule has 7 nitrogen and oxygen atoms in total. The quantitative estimate of drug-likeness (QED) is 0.646. The highest BCUT2D eigenvalue weighted by Gasteiger charge is 2.17. The first-order valence-electron chi connectivity index (χ1n) is 9.70. The Morgan fingerprint density at radius 1 is 1.11 bits per heavy atom. The van der Waals surface area contributed by atoms with Gasteiger partial charge in [-0.25, -0.2) is 14.5 Å². The van der Waals surface area contributed by atoms with Gasteiger partial charge in [-0.1, -0.05) is 6.08 Å². The minimum absolute atomic E-state index is 0.540. The van der Waals surface area contributed by atoms with Crippen LogP contribution in [-0.2, 0) is 0 Å². The zero-order valence-corrected chi connectivity index (χ0v) is 17.1. The van der Waals surface area contributed by atoms with E-state index in [0.717, 1.165) is 66.2 Å². The van der Waals surface area contributed by atoms with Gasteiger partial charge in [0.15, 0.2) is 0 Å². The molecule has 28 heavy (non-hydrogen) atoms. The number of fused-ring (bicyclic) bond motifs is 1. The third kappa shape index (κ3) is 3.38. The monoisotopic (exact) mass is 439 g/mol. The molecule has 0 radical (unpaired) electrons. The summed E-state index contributed by atoms with van der Waals surface area (Å²) in [5, 5.41) is 11.3. The van der Waals surface area contributed by atoms with Crippen LogP contribution in [0.5, 0.6) is 0 Å². The second-order valence-electron chi connectivity index (χ2n) is 7.14. The highest BCUT2D eigenvalue weighted by molar-refractivity contribution is 9.10. The first kappa shape index (κ1) is 17.6. The lowest BCUT2D eigenvalue weighted by molar-refractivity contribution is 0.589. The molecule has 1 aliphatic carbocycles. The van der Waals surface area contributed by atoms with E-state index in [-0.39, 0.29) is 0 Å². The van der Waals surface area contributed by atoms with Crippen molar-refractivity contribution in [3.8, 4) is 0 Å². The van der Waals surface area contributed by atoms with Crippen molar-refractivity contribution in [3.05, 3.63) is 46.8 Å². The van der Waals surface area contributed by atoms with E-state index in [2.05, 4.69) is 59.6 Å². The molecule has 0 unspecified atom stereocenters. The summed E-state index contributed by atoms with van der Waals surface area (Å²) >= 11 is 3.69. The molecule has 0 bridgehead atoms. The second-order valence-corrected chi connectivity index (χ2v) is 8.00. The van der Waals surface area contributed by atoms with Crippen molar-refractivity contribution in [1.29, 1.82) is 0 Å². The molecule has 4 heterocycles. The largest absolute Gasteiger partial charge is 0.368 e. The Labute approximate surface area is 172 Å². The highest BCUT2D eigenvalue weighted by Crippen LogP contribution is 2.34. The van der Waals surface area contributed by atoms with Gasteiger partial charge in [-0.05, 0) is 59.0 Å². The number of nitrogens with zero attached hydrogens (tertiary/aromatic N) is 5. The van der Waals surface area contributed by atoms with Gasteiger partial charge in [0.25, 0.3) is 0 Å². The number of hydrogen-bond acceptors (Lipinski definition) is 6. The predicted molar refractivity (Wildman–Crippen MR) is 115 cm³/mol. The number of anilines is 3. The van der Waals surface area contributed by atoms with Crippen LogP contribution in [0.1, 0.15) is 25.0 Å². The Balaban J connectivity index is 1.39. The number of pyridine rings is 1. The number of rotatable bonds is 4. The molecule has 3 aromatic heterocycles. The van der Waals surface area contributed by atoms with Gasteiger partial charge in [-0.3, -0.25) is 0 Å². The molecule has 0 saturated carbocycles. The number of halogens is 1. The average molecular weight is 440 g/mol. The first-order valence-corrected chi connectivity index (χ1v) is 10.5. The molecular formula is C20H22BrN7. The summed E-state index contributed by atoms with van der Waals surface area (Å²) in [5.41, 5.74) is 4.59. The number of aromatic nitrogens is 4. The summed E-state index contributed by atoms with van der Waals surface area (Å²) in [7, 11) is 0. The number of piperazine rings is 1. The van der Waals surface area contributed by atoms with Crippen molar-refractivity contribution in [2.24, 2.45) is 0 Å². The normalized spacial score (nSPS) is 17.2. The van der Waals surface area contributed by atoms with Crippen LogP contribution in [0.2, 0.25) is 0 Å². The number of allylic oxidation sites excluding steroid dienone is 2. The van der Waals surface area contributed by atoms with Crippen LogP contribution < -0.4 is 15.5 Å². The minimum Gasteiger partial charge on any atom is -0.368 e. The third-order valence-corrected chi connectivity index (χ3v) is 5.89. The molecule has 1 aliphatic heterocycles. The summed E-state index contributed by atoms with van der Waals surface area (Å²) in [4.78, 5) is 11.3. The van der Waals surface area contributed by atoms with E-state index in [1.165, 1.54) is 12.0 Å². The van der Waals surface area contributed by atoms with Crippen LogP contribution >= 0.6 is 15.9 Å². The molecular weight excluding hydrogens is 418 g/mol. The lowest BCUT2D eigenvalue weighted by Gasteiger charge is -2.29. The fourth-order valence-electron chi connectivity index (χ4n) is 3.85. The summed E-state index contributed by atoms with van der Waals surface area (Å²) in [6.07, 6.45) is 9.48. The molecule has 2 aliphatic rings. The zero-order valence-electron chi connectivity index (χ0n) is 15.5. The van der Waals surface area contributed by atoms with E-state index in [0.29, 0.717) is 5.95 Å². The van der Waals surface area contributed by atoms with Gasteiger partial charge in [0.05, 0.1) is 29.3 Å². The molecule has 1 saturated heterocycles. The third-order valence-electron chi connectivity index (χ3n) is 5.29. The molecule has 2 N–H and O–H groups in total. The first-order chi connectivity index (χ1) is 13.8. The number of hydrogen-bond donors (Lipinski definition) is 2.